The minimum absolute atomic E-state index is 0. The van der Waals surface area contributed by atoms with Crippen LogP contribution in [-0.2, 0) is 17.6 Å². The van der Waals surface area contributed by atoms with Gasteiger partial charge in [0.1, 0.15) is 5.82 Å². The molecule has 0 amide bonds. The van der Waals surface area contributed by atoms with E-state index in [0.29, 0.717) is 6.07 Å². The van der Waals surface area contributed by atoms with Crippen LogP contribution >= 0.6 is 12.4 Å². The van der Waals surface area contributed by atoms with Gasteiger partial charge in [0.15, 0.2) is 0 Å². The number of hydrogen-bond acceptors (Lipinski definition) is 2. The fraction of sp³-hybridized carbons (Fsp3) is 0.250. The van der Waals surface area contributed by atoms with Crippen molar-refractivity contribution >= 4 is 12.4 Å². The normalized spacial score (nSPS) is 11.0. The fourth-order valence-electron chi connectivity index (χ4n) is 1.03. The van der Waals surface area contributed by atoms with E-state index < -0.39 is 24.2 Å². The maximum Gasteiger partial charge on any atom is 0.416 e. The van der Waals surface area contributed by atoms with Crippen molar-refractivity contribution in [2.45, 2.75) is 12.8 Å². The monoisotopic (exact) mass is 245 g/mol. The molecule has 0 bridgehead atoms. The Bertz CT molecular complexity index is 329. The molecule has 0 fully saturated rings. The van der Waals surface area contributed by atoms with Crippen molar-refractivity contribution in [2.75, 3.05) is 0 Å². The quantitative estimate of drug-likeness (QED) is 0.642. The maximum absolute atomic E-state index is 12.5. The molecule has 0 aromatic heterocycles. The first-order chi connectivity index (χ1) is 6.45. The summed E-state index contributed by atoms with van der Waals surface area (Å²) in [5.74, 6) is 3.70. The lowest BCUT2D eigenvalue weighted by Crippen LogP contribution is -2.11. The average Bonchev–Trinajstić information content (AvgIpc) is 2.07. The Morgan fingerprint density at radius 1 is 1.27 bits per heavy atom. The van der Waals surface area contributed by atoms with E-state index in [9.17, 15) is 17.6 Å². The van der Waals surface area contributed by atoms with Crippen LogP contribution in [0.2, 0.25) is 0 Å². The van der Waals surface area contributed by atoms with Crippen LogP contribution in [-0.4, -0.2) is 0 Å². The average molecular weight is 246 g/mol. The molecule has 1 rings (SSSR count). The molecule has 0 saturated carbocycles. The summed E-state index contributed by atoms with van der Waals surface area (Å²) in [4.78, 5) is 4.08. The summed E-state index contributed by atoms with van der Waals surface area (Å²) in [6.07, 6.45) is -4.60. The molecule has 86 valence electrons. The standard InChI is InChI=1S/C8H7F4NO.ClH/c9-6-2-1-5(4-14-13)7(3-6)8(10,11)12;/h1-3H,4,13H2;1H. The number of halogens is 5. The fourth-order valence-corrected chi connectivity index (χ4v) is 1.03. The van der Waals surface area contributed by atoms with Crippen molar-refractivity contribution in [1.82, 2.24) is 0 Å². The summed E-state index contributed by atoms with van der Waals surface area (Å²) < 4.78 is 49.4. The molecule has 1 aromatic carbocycles. The van der Waals surface area contributed by atoms with Crippen molar-refractivity contribution in [3.63, 3.8) is 0 Å². The summed E-state index contributed by atoms with van der Waals surface area (Å²) in [6.45, 7) is -0.408. The Hall–Kier alpha value is -0.850. The SMILES string of the molecule is Cl.NOCc1ccc(F)cc1C(F)(F)F. The number of hydrogen-bond donors (Lipinski definition) is 1. The van der Waals surface area contributed by atoms with Gasteiger partial charge >= 0.3 is 6.18 Å². The third kappa shape index (κ3) is 3.65. The molecular weight excluding hydrogens is 238 g/mol. The predicted octanol–water partition coefficient (Wildman–Crippen LogP) is 2.66. The lowest BCUT2D eigenvalue weighted by molar-refractivity contribution is -0.139. The molecule has 1 aromatic rings. The molecular formula is C8H8ClF4NO. The van der Waals surface area contributed by atoms with Crippen molar-refractivity contribution in [1.29, 1.82) is 0 Å². The van der Waals surface area contributed by atoms with Gasteiger partial charge in [-0.3, -0.25) is 4.84 Å². The first kappa shape index (κ1) is 14.2. The number of rotatable bonds is 2. The van der Waals surface area contributed by atoms with Crippen LogP contribution in [0.25, 0.3) is 0 Å². The van der Waals surface area contributed by atoms with Crippen LogP contribution in [0.3, 0.4) is 0 Å². The predicted molar refractivity (Wildman–Crippen MR) is 47.6 cm³/mol. The van der Waals surface area contributed by atoms with E-state index >= 15 is 0 Å². The molecule has 2 N–H and O–H groups in total. The highest BCUT2D eigenvalue weighted by molar-refractivity contribution is 5.85. The summed E-state index contributed by atoms with van der Waals surface area (Å²) in [7, 11) is 0. The van der Waals surface area contributed by atoms with E-state index in [0.717, 1.165) is 12.1 Å². The Kier molecular flexibility index (Phi) is 4.99. The van der Waals surface area contributed by atoms with Crippen LogP contribution in [0.1, 0.15) is 11.1 Å². The first-order valence-electron chi connectivity index (χ1n) is 3.62. The summed E-state index contributed by atoms with van der Waals surface area (Å²) in [6, 6.07) is 2.32. The van der Waals surface area contributed by atoms with E-state index in [1.54, 1.807) is 0 Å². The lowest BCUT2D eigenvalue weighted by Gasteiger charge is -2.11. The van der Waals surface area contributed by atoms with Gasteiger partial charge in [-0.25, -0.2) is 10.3 Å². The van der Waals surface area contributed by atoms with Crippen molar-refractivity contribution in [3.05, 3.63) is 35.1 Å². The molecule has 0 atom stereocenters. The Morgan fingerprint density at radius 3 is 2.33 bits per heavy atom. The summed E-state index contributed by atoms with van der Waals surface area (Å²) in [5, 5.41) is 0. The molecule has 0 saturated heterocycles. The van der Waals surface area contributed by atoms with Gasteiger partial charge < -0.3 is 0 Å². The Labute approximate surface area is 89.4 Å². The van der Waals surface area contributed by atoms with Crippen molar-refractivity contribution < 1.29 is 22.4 Å². The molecule has 15 heavy (non-hydrogen) atoms. The van der Waals surface area contributed by atoms with Gasteiger partial charge in [-0.05, 0) is 17.7 Å². The third-order valence-electron chi connectivity index (χ3n) is 1.62. The van der Waals surface area contributed by atoms with Crippen molar-refractivity contribution in [2.24, 2.45) is 5.90 Å². The largest absolute Gasteiger partial charge is 0.416 e. The molecule has 0 aliphatic heterocycles. The molecule has 0 spiro atoms. The zero-order valence-electron chi connectivity index (χ0n) is 7.34. The Morgan fingerprint density at radius 2 is 1.87 bits per heavy atom. The zero-order chi connectivity index (χ0) is 10.8. The van der Waals surface area contributed by atoms with Gasteiger partial charge in [-0.2, -0.15) is 13.2 Å². The number of alkyl halides is 3. The molecule has 7 heteroatoms. The number of benzene rings is 1. The van der Waals surface area contributed by atoms with Crippen LogP contribution in [0.4, 0.5) is 17.6 Å². The topological polar surface area (TPSA) is 35.2 Å². The lowest BCUT2D eigenvalue weighted by atomic mass is 10.1. The zero-order valence-corrected chi connectivity index (χ0v) is 8.16. The second-order valence-corrected chi connectivity index (χ2v) is 2.61. The Balaban J connectivity index is 0.00000196. The maximum atomic E-state index is 12.5. The molecule has 0 radical (unpaired) electrons. The number of nitrogens with two attached hydrogens (primary N) is 1. The van der Waals surface area contributed by atoms with Gasteiger partial charge in [-0.1, -0.05) is 6.07 Å². The van der Waals surface area contributed by atoms with Crippen LogP contribution in [0, 0.1) is 5.82 Å². The van der Waals surface area contributed by atoms with Gasteiger partial charge in [-0.15, -0.1) is 12.4 Å². The second-order valence-electron chi connectivity index (χ2n) is 2.61. The minimum atomic E-state index is -4.60. The third-order valence-corrected chi connectivity index (χ3v) is 1.62. The van der Waals surface area contributed by atoms with Gasteiger partial charge in [0.2, 0.25) is 0 Å². The summed E-state index contributed by atoms with van der Waals surface area (Å²) >= 11 is 0. The van der Waals surface area contributed by atoms with E-state index in [-0.39, 0.29) is 18.0 Å². The second kappa shape index (κ2) is 5.29. The van der Waals surface area contributed by atoms with Crippen LogP contribution < -0.4 is 5.90 Å². The highest BCUT2D eigenvalue weighted by atomic mass is 35.5. The van der Waals surface area contributed by atoms with Gasteiger partial charge in [0, 0.05) is 0 Å². The van der Waals surface area contributed by atoms with E-state index in [1.165, 1.54) is 0 Å². The molecule has 0 unspecified atom stereocenters. The summed E-state index contributed by atoms with van der Waals surface area (Å²) in [5.41, 5.74) is -1.26. The first-order valence-corrected chi connectivity index (χ1v) is 3.62. The molecule has 0 heterocycles. The van der Waals surface area contributed by atoms with Crippen LogP contribution in [0.5, 0.6) is 0 Å². The van der Waals surface area contributed by atoms with E-state index in [2.05, 4.69) is 10.7 Å². The van der Waals surface area contributed by atoms with Gasteiger partial charge in [0.25, 0.3) is 0 Å². The molecule has 2 nitrogen and oxygen atoms in total. The van der Waals surface area contributed by atoms with E-state index in [4.69, 9.17) is 0 Å². The minimum Gasteiger partial charge on any atom is -0.300 e. The van der Waals surface area contributed by atoms with Gasteiger partial charge in [0.05, 0.1) is 12.2 Å². The molecule has 0 aliphatic rings. The van der Waals surface area contributed by atoms with E-state index in [1.807, 2.05) is 0 Å². The highest BCUT2D eigenvalue weighted by Crippen LogP contribution is 2.32. The van der Waals surface area contributed by atoms with Crippen LogP contribution in [0.15, 0.2) is 18.2 Å². The van der Waals surface area contributed by atoms with Crippen molar-refractivity contribution in [3.8, 4) is 0 Å². The molecule has 0 aliphatic carbocycles. The highest BCUT2D eigenvalue weighted by Gasteiger charge is 2.33. The smallest absolute Gasteiger partial charge is 0.300 e.